The summed E-state index contributed by atoms with van der Waals surface area (Å²) in [5, 5.41) is 1.24. The monoisotopic (exact) mass is 332 g/mol. The lowest BCUT2D eigenvalue weighted by Gasteiger charge is -2.32. The lowest BCUT2D eigenvalue weighted by molar-refractivity contribution is 0.104. The van der Waals surface area contributed by atoms with E-state index in [1.165, 1.54) is 5.20 Å². The van der Waals surface area contributed by atoms with Crippen LogP contribution in [-0.4, -0.2) is 21.0 Å². The Balaban J connectivity index is 2.04. The molecule has 0 aromatic heterocycles. The van der Waals surface area contributed by atoms with Crippen molar-refractivity contribution in [3.8, 4) is 0 Å². The summed E-state index contributed by atoms with van der Waals surface area (Å²) in [5.41, 5.74) is 8.27. The zero-order valence-corrected chi connectivity index (χ0v) is 15.4. The molecular weight excluding hydrogens is 312 g/mol. The van der Waals surface area contributed by atoms with Crippen LogP contribution in [0.4, 0.5) is 0 Å². The highest BCUT2D eigenvalue weighted by molar-refractivity contribution is 6.85. The summed E-state index contributed by atoms with van der Waals surface area (Å²) in [5.74, 6) is 1.14. The number of ether oxygens (including phenoxy) is 1. The smallest absolute Gasteiger partial charge is 0.194 e. The van der Waals surface area contributed by atoms with Crippen LogP contribution < -0.4 is 0 Å². The van der Waals surface area contributed by atoms with Crippen molar-refractivity contribution < 1.29 is 9.53 Å². The van der Waals surface area contributed by atoms with Gasteiger partial charge in [-0.3, -0.25) is 4.79 Å². The first-order valence-electron chi connectivity index (χ1n) is 8.25. The number of hydrogen-bond acceptors (Lipinski definition) is 2. The number of carbonyl (C=O) groups is 1. The molecule has 0 aliphatic heterocycles. The van der Waals surface area contributed by atoms with Crippen LogP contribution in [0.3, 0.4) is 0 Å². The molecule has 0 bridgehead atoms. The van der Waals surface area contributed by atoms with E-state index in [0.29, 0.717) is 0 Å². The van der Waals surface area contributed by atoms with Crippen LogP contribution >= 0.6 is 0 Å². The number of hydrogen-bond donors (Lipinski definition) is 0. The fraction of sp³-hybridized carbons (Fsp3) is 0.238. The maximum atomic E-state index is 13.1. The molecule has 3 aliphatic rings. The molecule has 4 rings (SSSR count). The van der Waals surface area contributed by atoms with Gasteiger partial charge >= 0.3 is 0 Å². The molecule has 0 fully saturated rings. The summed E-state index contributed by atoms with van der Waals surface area (Å²) in [6.07, 6.45) is 6.12. The Morgan fingerprint density at radius 3 is 2.46 bits per heavy atom. The van der Waals surface area contributed by atoms with Crippen LogP contribution in [0.5, 0.6) is 0 Å². The van der Waals surface area contributed by atoms with E-state index in [1.807, 2.05) is 30.4 Å². The number of rotatable bonds is 2. The van der Waals surface area contributed by atoms with Crippen molar-refractivity contribution in [2.75, 3.05) is 7.11 Å². The Kier molecular flexibility index (Phi) is 3.21. The maximum Gasteiger partial charge on any atom is 0.194 e. The second kappa shape index (κ2) is 5.07. The first-order chi connectivity index (χ1) is 11.4. The predicted molar refractivity (Wildman–Crippen MR) is 99.3 cm³/mol. The number of carbonyl (C=O) groups excluding carboxylic acids is 1. The summed E-state index contributed by atoms with van der Waals surface area (Å²) < 4.78 is 5.62. The van der Waals surface area contributed by atoms with Gasteiger partial charge in [0.1, 0.15) is 5.76 Å². The highest BCUT2D eigenvalue weighted by atomic mass is 28.3. The van der Waals surface area contributed by atoms with E-state index in [0.717, 1.165) is 33.6 Å². The fourth-order valence-corrected chi connectivity index (χ4v) is 5.49. The van der Waals surface area contributed by atoms with Gasteiger partial charge in [-0.25, -0.2) is 0 Å². The van der Waals surface area contributed by atoms with Crippen LogP contribution in [0.1, 0.15) is 15.9 Å². The van der Waals surface area contributed by atoms with E-state index < -0.39 is 8.07 Å². The SMILES string of the molecule is COC1=CC=C=C2C3=C(C(=O)c4ccccc43)C([Si](C)(C)C)=CC21. The lowest BCUT2D eigenvalue weighted by atomic mass is 9.81. The molecule has 0 radical (unpaired) electrons. The van der Waals surface area contributed by atoms with Gasteiger partial charge < -0.3 is 4.74 Å². The van der Waals surface area contributed by atoms with Gasteiger partial charge in [-0.05, 0) is 17.7 Å². The molecule has 2 nitrogen and oxygen atoms in total. The lowest BCUT2D eigenvalue weighted by Crippen LogP contribution is -2.31. The molecule has 0 spiro atoms. The highest BCUT2D eigenvalue weighted by Gasteiger charge is 2.42. The Hall–Kier alpha value is -2.35. The third-order valence-corrected chi connectivity index (χ3v) is 6.97. The number of methoxy groups -OCH3 is 1. The summed E-state index contributed by atoms with van der Waals surface area (Å²) in [6, 6.07) is 7.94. The van der Waals surface area contributed by atoms with Crippen molar-refractivity contribution in [1.29, 1.82) is 0 Å². The zero-order valence-electron chi connectivity index (χ0n) is 14.4. The van der Waals surface area contributed by atoms with Crippen molar-refractivity contribution in [2.24, 2.45) is 5.92 Å². The van der Waals surface area contributed by atoms with Crippen molar-refractivity contribution in [3.05, 3.63) is 81.5 Å². The normalized spacial score (nSPS) is 21.6. The third-order valence-electron chi connectivity index (χ3n) is 4.94. The second-order valence-electron chi connectivity index (χ2n) is 7.43. The molecule has 0 saturated heterocycles. The van der Waals surface area contributed by atoms with Crippen LogP contribution in [0.2, 0.25) is 19.6 Å². The van der Waals surface area contributed by atoms with E-state index in [1.54, 1.807) is 7.11 Å². The summed E-state index contributed by atoms with van der Waals surface area (Å²) >= 11 is 0. The quantitative estimate of drug-likeness (QED) is 0.580. The van der Waals surface area contributed by atoms with Crippen molar-refractivity contribution in [3.63, 3.8) is 0 Å². The Labute approximate surface area is 143 Å². The highest BCUT2D eigenvalue weighted by Crippen LogP contribution is 2.50. The van der Waals surface area contributed by atoms with Gasteiger partial charge in [0.05, 0.1) is 21.1 Å². The average molecular weight is 332 g/mol. The van der Waals surface area contributed by atoms with Gasteiger partial charge in [0.2, 0.25) is 0 Å². The number of benzene rings is 1. The minimum Gasteiger partial charge on any atom is -0.500 e. The van der Waals surface area contributed by atoms with E-state index >= 15 is 0 Å². The molecule has 3 aliphatic carbocycles. The van der Waals surface area contributed by atoms with E-state index in [4.69, 9.17) is 4.74 Å². The van der Waals surface area contributed by atoms with E-state index in [-0.39, 0.29) is 11.7 Å². The first kappa shape index (κ1) is 15.2. The van der Waals surface area contributed by atoms with E-state index in [2.05, 4.69) is 37.5 Å². The standard InChI is InChI=1S/C21H20O2Si/c1-23-17-11-7-10-14-16(17)12-18(24(2,3)4)20-19(14)13-8-5-6-9-15(13)21(20)22/h5-9,11-12,16H,1-4H3. The molecule has 3 heteroatoms. The van der Waals surface area contributed by atoms with Crippen molar-refractivity contribution >= 4 is 19.4 Å². The number of allylic oxidation sites excluding steroid dienone is 5. The van der Waals surface area contributed by atoms with Crippen molar-refractivity contribution in [2.45, 2.75) is 19.6 Å². The predicted octanol–water partition coefficient (Wildman–Crippen LogP) is 4.70. The molecular formula is C21H20O2Si. The molecule has 0 N–H and O–H groups in total. The van der Waals surface area contributed by atoms with Gasteiger partial charge in [0, 0.05) is 22.3 Å². The van der Waals surface area contributed by atoms with Gasteiger partial charge in [0.15, 0.2) is 5.78 Å². The van der Waals surface area contributed by atoms with Gasteiger partial charge in [-0.2, -0.15) is 0 Å². The molecule has 0 amide bonds. The third kappa shape index (κ3) is 1.99. The second-order valence-corrected chi connectivity index (χ2v) is 12.5. The maximum absolute atomic E-state index is 13.1. The van der Waals surface area contributed by atoms with Crippen LogP contribution in [0.15, 0.2) is 70.3 Å². The summed E-state index contributed by atoms with van der Waals surface area (Å²) in [6.45, 7) is 6.88. The zero-order chi connectivity index (χ0) is 17.1. The minimum atomic E-state index is -1.69. The Bertz CT molecular complexity index is 929. The summed E-state index contributed by atoms with van der Waals surface area (Å²) in [4.78, 5) is 13.1. The Morgan fingerprint density at radius 1 is 1.08 bits per heavy atom. The van der Waals surface area contributed by atoms with Gasteiger partial charge in [-0.1, -0.05) is 55.2 Å². The van der Waals surface area contributed by atoms with Gasteiger partial charge in [0.25, 0.3) is 0 Å². The number of fused-ring (bicyclic) bond motifs is 4. The molecule has 1 unspecified atom stereocenters. The Morgan fingerprint density at radius 2 is 1.79 bits per heavy atom. The molecule has 0 saturated carbocycles. The molecule has 1 atom stereocenters. The minimum absolute atomic E-state index is 0.0550. The fourth-order valence-electron chi connectivity index (χ4n) is 3.83. The molecule has 1 aromatic rings. The molecule has 120 valence electrons. The number of ketones is 1. The van der Waals surface area contributed by atoms with E-state index in [9.17, 15) is 4.79 Å². The number of Topliss-reactive ketones (excluding diaryl/α,β-unsaturated/α-hetero) is 1. The van der Waals surface area contributed by atoms with Crippen LogP contribution in [0.25, 0.3) is 5.57 Å². The van der Waals surface area contributed by atoms with Crippen LogP contribution in [-0.2, 0) is 4.74 Å². The van der Waals surface area contributed by atoms with Gasteiger partial charge in [-0.15, -0.1) is 5.73 Å². The first-order valence-corrected chi connectivity index (χ1v) is 11.8. The topological polar surface area (TPSA) is 26.3 Å². The summed E-state index contributed by atoms with van der Waals surface area (Å²) in [7, 11) is 0.0170. The van der Waals surface area contributed by atoms with Crippen molar-refractivity contribution in [1.82, 2.24) is 0 Å². The molecule has 1 aromatic carbocycles. The van der Waals surface area contributed by atoms with Crippen LogP contribution in [0, 0.1) is 5.92 Å². The average Bonchev–Trinajstić information content (AvgIpc) is 2.87. The molecule has 0 heterocycles. The largest absolute Gasteiger partial charge is 0.500 e. The molecule has 24 heavy (non-hydrogen) atoms.